The molecule has 1 aliphatic rings. The van der Waals surface area contributed by atoms with Crippen LogP contribution < -0.4 is 15.0 Å². The molecule has 0 saturated carbocycles. The van der Waals surface area contributed by atoms with E-state index in [1.807, 2.05) is 6.92 Å². The van der Waals surface area contributed by atoms with Crippen molar-refractivity contribution in [2.45, 2.75) is 6.92 Å². The van der Waals surface area contributed by atoms with Crippen LogP contribution >= 0.6 is 0 Å². The van der Waals surface area contributed by atoms with Gasteiger partial charge in [-0.3, -0.25) is 4.90 Å². The van der Waals surface area contributed by atoms with E-state index in [0.29, 0.717) is 18.8 Å². The van der Waals surface area contributed by atoms with E-state index in [1.165, 1.54) is 11.0 Å². The number of rotatable bonds is 2. The van der Waals surface area contributed by atoms with Crippen molar-refractivity contribution in [1.29, 1.82) is 0 Å². The predicted molar refractivity (Wildman–Crippen MR) is 65.3 cm³/mol. The van der Waals surface area contributed by atoms with E-state index in [2.05, 4.69) is 5.32 Å². The number of nitrogens with zero attached hydrogens (tertiary/aromatic N) is 1. The summed E-state index contributed by atoms with van der Waals surface area (Å²) >= 11 is 0. The molecule has 0 fully saturated rings. The minimum atomic E-state index is -1.07. The molecule has 2 N–H and O–H groups in total. The summed E-state index contributed by atoms with van der Waals surface area (Å²) in [7, 11) is 0. The lowest BCUT2D eigenvalue weighted by Crippen LogP contribution is -2.44. The highest BCUT2D eigenvalue weighted by Gasteiger charge is 2.27. The molecule has 0 unspecified atom stereocenters. The smallest absolute Gasteiger partial charge is 0.339 e. The molecule has 18 heavy (non-hydrogen) atoms. The molecule has 96 valence electrons. The minimum absolute atomic E-state index is 0.0708. The van der Waals surface area contributed by atoms with Crippen molar-refractivity contribution in [1.82, 2.24) is 5.32 Å². The van der Waals surface area contributed by atoms with Gasteiger partial charge in [0.15, 0.2) is 5.75 Å². The zero-order valence-corrected chi connectivity index (χ0v) is 9.97. The number of anilines is 1. The molecule has 1 aromatic rings. The average molecular weight is 250 g/mol. The van der Waals surface area contributed by atoms with Crippen LogP contribution in [0.4, 0.5) is 10.5 Å². The van der Waals surface area contributed by atoms with Crippen LogP contribution in [0.25, 0.3) is 0 Å². The van der Waals surface area contributed by atoms with E-state index < -0.39 is 5.97 Å². The van der Waals surface area contributed by atoms with Gasteiger partial charge in [0.1, 0.15) is 12.2 Å². The second-order valence-electron chi connectivity index (χ2n) is 3.79. The van der Waals surface area contributed by atoms with E-state index in [0.717, 1.165) is 0 Å². The molecule has 0 saturated heterocycles. The Morgan fingerprint density at radius 1 is 1.50 bits per heavy atom. The zero-order chi connectivity index (χ0) is 13.1. The first kappa shape index (κ1) is 12.2. The fourth-order valence-corrected chi connectivity index (χ4v) is 1.87. The number of ether oxygens (including phenoxy) is 1. The second-order valence-corrected chi connectivity index (χ2v) is 3.79. The number of carboxylic acid groups (broad SMARTS) is 1. The lowest BCUT2D eigenvalue weighted by Gasteiger charge is -2.30. The summed E-state index contributed by atoms with van der Waals surface area (Å²) in [6.07, 6.45) is 0. The molecule has 0 aliphatic carbocycles. The third kappa shape index (κ3) is 2.09. The summed E-state index contributed by atoms with van der Waals surface area (Å²) in [5.41, 5.74) is 0.564. The number of hydrogen-bond acceptors (Lipinski definition) is 3. The fourth-order valence-electron chi connectivity index (χ4n) is 1.87. The molecular formula is C12H14N2O4. The molecule has 0 aromatic heterocycles. The topological polar surface area (TPSA) is 78.9 Å². The Morgan fingerprint density at radius 3 is 2.94 bits per heavy atom. The lowest BCUT2D eigenvalue weighted by molar-refractivity contribution is 0.0692. The van der Waals surface area contributed by atoms with Crippen LogP contribution in [0.5, 0.6) is 5.75 Å². The summed E-state index contributed by atoms with van der Waals surface area (Å²) < 4.78 is 5.37. The first-order valence-corrected chi connectivity index (χ1v) is 5.69. The van der Waals surface area contributed by atoms with Crippen molar-refractivity contribution in [3.8, 4) is 5.75 Å². The normalized spacial score (nSPS) is 13.5. The van der Waals surface area contributed by atoms with Crippen molar-refractivity contribution in [2.24, 2.45) is 0 Å². The quantitative estimate of drug-likeness (QED) is 0.829. The average Bonchev–Trinajstić information content (AvgIpc) is 2.37. The second kappa shape index (κ2) is 4.95. The van der Waals surface area contributed by atoms with Crippen LogP contribution in [0.15, 0.2) is 18.2 Å². The number of para-hydroxylation sites is 1. The summed E-state index contributed by atoms with van der Waals surface area (Å²) in [6, 6.07) is 4.49. The highest BCUT2D eigenvalue weighted by Crippen LogP contribution is 2.34. The minimum Gasteiger partial charge on any atom is -0.489 e. The number of amides is 2. The van der Waals surface area contributed by atoms with Crippen LogP contribution in [-0.4, -0.2) is 36.8 Å². The van der Waals surface area contributed by atoms with E-state index in [9.17, 15) is 9.59 Å². The number of aromatic carboxylic acids is 1. The van der Waals surface area contributed by atoms with Gasteiger partial charge in [0.2, 0.25) is 0 Å². The van der Waals surface area contributed by atoms with E-state index >= 15 is 0 Å². The van der Waals surface area contributed by atoms with Gasteiger partial charge in [-0.15, -0.1) is 0 Å². The van der Waals surface area contributed by atoms with Gasteiger partial charge < -0.3 is 15.2 Å². The third-order valence-electron chi connectivity index (χ3n) is 2.65. The number of benzene rings is 1. The predicted octanol–water partition coefficient (Wildman–Crippen LogP) is 1.31. The summed E-state index contributed by atoms with van der Waals surface area (Å²) in [5.74, 6) is -0.813. The highest BCUT2D eigenvalue weighted by molar-refractivity contribution is 5.99. The van der Waals surface area contributed by atoms with Gasteiger partial charge in [-0.05, 0) is 19.1 Å². The van der Waals surface area contributed by atoms with Crippen LogP contribution in [0.3, 0.4) is 0 Å². The van der Waals surface area contributed by atoms with Crippen LogP contribution in [0.2, 0.25) is 0 Å². The summed E-state index contributed by atoms with van der Waals surface area (Å²) in [5, 5.41) is 11.8. The standard InChI is InChI=1S/C12H14N2O4/c1-2-13-12(17)14-6-7-18-10-8(11(15)16)4-3-5-9(10)14/h3-5H,2,6-7H2,1H3,(H,13,17)(H,15,16). The molecule has 2 amide bonds. The van der Waals surface area contributed by atoms with Crippen molar-refractivity contribution >= 4 is 17.7 Å². The number of carboxylic acids is 1. The Labute approximate surface area is 104 Å². The van der Waals surface area contributed by atoms with Gasteiger partial charge in [0, 0.05) is 6.54 Å². The van der Waals surface area contributed by atoms with Crippen LogP contribution in [-0.2, 0) is 0 Å². The molecule has 2 rings (SSSR count). The van der Waals surface area contributed by atoms with Gasteiger partial charge in [-0.1, -0.05) is 6.07 Å². The monoisotopic (exact) mass is 250 g/mol. The van der Waals surface area contributed by atoms with Crippen molar-refractivity contribution in [3.63, 3.8) is 0 Å². The van der Waals surface area contributed by atoms with Crippen LogP contribution in [0.1, 0.15) is 17.3 Å². The fraction of sp³-hybridized carbons (Fsp3) is 0.333. The summed E-state index contributed by atoms with van der Waals surface area (Å²) in [6.45, 7) is 3.04. The molecule has 1 aromatic carbocycles. The third-order valence-corrected chi connectivity index (χ3v) is 2.65. The van der Waals surface area contributed by atoms with Gasteiger partial charge in [-0.25, -0.2) is 9.59 Å². The Balaban J connectivity index is 2.41. The maximum atomic E-state index is 11.9. The van der Waals surface area contributed by atoms with E-state index in [-0.39, 0.29) is 24.0 Å². The molecule has 1 heterocycles. The summed E-state index contributed by atoms with van der Waals surface area (Å²) in [4.78, 5) is 24.4. The number of fused-ring (bicyclic) bond motifs is 1. The zero-order valence-electron chi connectivity index (χ0n) is 9.97. The SMILES string of the molecule is CCNC(=O)N1CCOc2c(C(=O)O)cccc21. The Morgan fingerprint density at radius 2 is 2.28 bits per heavy atom. The van der Waals surface area contributed by atoms with Gasteiger partial charge >= 0.3 is 12.0 Å². The first-order valence-electron chi connectivity index (χ1n) is 5.69. The molecule has 0 bridgehead atoms. The molecule has 0 atom stereocenters. The van der Waals surface area contributed by atoms with Gasteiger partial charge in [-0.2, -0.15) is 0 Å². The molecule has 0 radical (unpaired) electrons. The maximum Gasteiger partial charge on any atom is 0.339 e. The first-order chi connectivity index (χ1) is 8.65. The maximum absolute atomic E-state index is 11.9. The molecule has 0 spiro atoms. The van der Waals surface area contributed by atoms with E-state index in [1.54, 1.807) is 12.1 Å². The van der Waals surface area contributed by atoms with Crippen molar-refractivity contribution < 1.29 is 19.4 Å². The largest absolute Gasteiger partial charge is 0.489 e. The lowest BCUT2D eigenvalue weighted by atomic mass is 10.1. The van der Waals surface area contributed by atoms with Gasteiger partial charge in [0.25, 0.3) is 0 Å². The Hall–Kier alpha value is -2.24. The van der Waals surface area contributed by atoms with Gasteiger partial charge in [0.05, 0.1) is 12.2 Å². The van der Waals surface area contributed by atoms with Crippen LogP contribution in [0, 0.1) is 0 Å². The number of carbonyl (C=O) groups excluding carboxylic acids is 1. The Kier molecular flexibility index (Phi) is 3.36. The molecular weight excluding hydrogens is 236 g/mol. The molecule has 6 nitrogen and oxygen atoms in total. The highest BCUT2D eigenvalue weighted by atomic mass is 16.5. The van der Waals surface area contributed by atoms with Crippen molar-refractivity contribution in [3.05, 3.63) is 23.8 Å². The number of nitrogens with one attached hydrogen (secondary N) is 1. The Bertz CT molecular complexity index is 487. The molecule has 1 aliphatic heterocycles. The number of hydrogen-bond donors (Lipinski definition) is 2. The van der Waals surface area contributed by atoms with Crippen molar-refractivity contribution in [2.75, 3.05) is 24.6 Å². The number of urea groups is 1. The number of carbonyl (C=O) groups is 2. The van der Waals surface area contributed by atoms with E-state index in [4.69, 9.17) is 9.84 Å². The molecule has 6 heteroatoms.